The van der Waals surface area contributed by atoms with E-state index in [9.17, 15) is 13.6 Å². The van der Waals surface area contributed by atoms with E-state index in [1.54, 1.807) is 12.3 Å². The van der Waals surface area contributed by atoms with Crippen LogP contribution in [0, 0.1) is 0 Å². The van der Waals surface area contributed by atoms with Crippen LogP contribution in [0.25, 0.3) is 16.9 Å². The predicted octanol–water partition coefficient (Wildman–Crippen LogP) is 1.11. The van der Waals surface area contributed by atoms with E-state index in [4.69, 9.17) is 10.5 Å². The van der Waals surface area contributed by atoms with Crippen LogP contribution in [0.2, 0.25) is 0 Å². The topological polar surface area (TPSA) is 115 Å². The molecule has 3 aromatic rings. The van der Waals surface area contributed by atoms with Crippen molar-refractivity contribution < 1.29 is 18.3 Å². The highest BCUT2D eigenvalue weighted by Gasteiger charge is 2.29. The van der Waals surface area contributed by atoms with Gasteiger partial charge in [0, 0.05) is 45.4 Å². The maximum absolute atomic E-state index is 14.1. The summed E-state index contributed by atoms with van der Waals surface area (Å²) in [5.74, 6) is -3.17. The number of methoxy groups -OCH3 is 1. The number of pyridine rings is 1. The van der Waals surface area contributed by atoms with Gasteiger partial charge in [0.25, 0.3) is 11.9 Å². The van der Waals surface area contributed by atoms with Crippen LogP contribution in [-0.4, -0.2) is 75.9 Å². The number of nitrogens with two attached hydrogens (primary N) is 1. The number of halogens is 2. The number of alkyl halides is 2. The number of carbonyl (C=O) groups excluding carboxylic acids is 1. The average Bonchev–Trinajstić information content (AvgIpc) is 3.11. The number of amides is 1. The second-order valence-electron chi connectivity index (χ2n) is 7.85. The van der Waals surface area contributed by atoms with Crippen LogP contribution in [0.5, 0.6) is 5.88 Å². The van der Waals surface area contributed by atoms with Gasteiger partial charge in [-0.25, -0.2) is 4.98 Å². The van der Waals surface area contributed by atoms with E-state index in [1.807, 2.05) is 7.05 Å². The molecule has 4 rings (SSSR count). The van der Waals surface area contributed by atoms with Crippen molar-refractivity contribution in [1.82, 2.24) is 29.6 Å². The summed E-state index contributed by atoms with van der Waals surface area (Å²) >= 11 is 0. The molecule has 2 N–H and O–H groups in total. The summed E-state index contributed by atoms with van der Waals surface area (Å²) in [6.07, 6.45) is 1.54. The van der Waals surface area contributed by atoms with Crippen LogP contribution in [0.4, 0.5) is 14.6 Å². The van der Waals surface area contributed by atoms with Gasteiger partial charge in [0.1, 0.15) is 5.69 Å². The molecule has 0 bridgehead atoms. The lowest BCUT2D eigenvalue weighted by molar-refractivity contribution is -0.117. The smallest absolute Gasteiger partial charge is 0.287 e. The Morgan fingerprint density at radius 3 is 2.56 bits per heavy atom. The summed E-state index contributed by atoms with van der Waals surface area (Å²) in [5.41, 5.74) is 5.79. The number of hydrogen-bond acceptors (Lipinski definition) is 8. The highest BCUT2D eigenvalue weighted by molar-refractivity contribution is 5.91. The molecule has 170 valence electrons. The Labute approximate surface area is 183 Å². The zero-order chi connectivity index (χ0) is 23.0. The highest BCUT2D eigenvalue weighted by atomic mass is 19.3. The lowest BCUT2D eigenvalue weighted by atomic mass is 10.2. The molecule has 0 spiro atoms. The number of piperazine rings is 1. The first kappa shape index (κ1) is 21.8. The van der Waals surface area contributed by atoms with Crippen LogP contribution >= 0.6 is 0 Å². The van der Waals surface area contributed by atoms with Gasteiger partial charge in [-0.3, -0.25) is 9.78 Å². The molecule has 0 aliphatic carbocycles. The molecule has 1 amide bonds. The molecule has 1 fully saturated rings. The minimum atomic E-state index is -3.20. The zero-order valence-corrected chi connectivity index (χ0v) is 18.0. The Kier molecular flexibility index (Phi) is 5.63. The van der Waals surface area contributed by atoms with E-state index < -0.39 is 17.5 Å². The van der Waals surface area contributed by atoms with Gasteiger partial charge in [0.05, 0.1) is 30.1 Å². The van der Waals surface area contributed by atoms with Gasteiger partial charge < -0.3 is 20.3 Å². The van der Waals surface area contributed by atoms with Gasteiger partial charge in [-0.15, -0.1) is 5.10 Å². The Balaban J connectivity index is 1.90. The summed E-state index contributed by atoms with van der Waals surface area (Å²) < 4.78 is 34.6. The molecule has 0 aromatic carbocycles. The summed E-state index contributed by atoms with van der Waals surface area (Å²) in [6, 6.07) is 2.75. The van der Waals surface area contributed by atoms with Crippen LogP contribution in [0.3, 0.4) is 0 Å². The fourth-order valence-corrected chi connectivity index (χ4v) is 3.55. The molecule has 3 aromatic heterocycles. The number of likely N-dealkylation sites (N-methyl/N-ethyl adjacent to an activating group) is 1. The number of primary amides is 1. The van der Waals surface area contributed by atoms with Gasteiger partial charge in [-0.05, 0) is 13.1 Å². The fourth-order valence-electron chi connectivity index (χ4n) is 3.55. The third kappa shape index (κ3) is 4.31. The third-order valence-electron chi connectivity index (χ3n) is 5.30. The maximum atomic E-state index is 14.1. The first-order valence-electron chi connectivity index (χ1n) is 10.1. The number of anilines is 1. The fraction of sp³-hybridized carbons (Fsp3) is 0.450. The third-order valence-corrected chi connectivity index (χ3v) is 5.30. The number of nitrogens with zero attached hydrogens (tertiary/aromatic N) is 7. The summed E-state index contributed by atoms with van der Waals surface area (Å²) in [6.45, 7) is 3.93. The van der Waals surface area contributed by atoms with Crippen molar-refractivity contribution in [1.29, 1.82) is 0 Å². The van der Waals surface area contributed by atoms with E-state index in [0.29, 0.717) is 22.4 Å². The van der Waals surface area contributed by atoms with E-state index in [1.165, 1.54) is 11.8 Å². The van der Waals surface area contributed by atoms with Gasteiger partial charge >= 0.3 is 0 Å². The Morgan fingerprint density at radius 1 is 1.22 bits per heavy atom. The molecule has 1 aliphatic rings. The lowest BCUT2D eigenvalue weighted by Crippen LogP contribution is -2.44. The quantitative estimate of drug-likeness (QED) is 0.599. The number of hydrogen-bond donors (Lipinski definition) is 1. The summed E-state index contributed by atoms with van der Waals surface area (Å²) in [5, 5.41) is 5.36. The summed E-state index contributed by atoms with van der Waals surface area (Å²) in [7, 11) is 3.39. The zero-order valence-electron chi connectivity index (χ0n) is 18.0. The van der Waals surface area contributed by atoms with Crippen molar-refractivity contribution >= 4 is 22.6 Å². The van der Waals surface area contributed by atoms with Crippen molar-refractivity contribution in [2.75, 3.05) is 45.2 Å². The van der Waals surface area contributed by atoms with Crippen molar-refractivity contribution in [2.45, 2.75) is 19.3 Å². The largest absolute Gasteiger partial charge is 0.481 e. The van der Waals surface area contributed by atoms with Gasteiger partial charge in [0.15, 0.2) is 5.82 Å². The van der Waals surface area contributed by atoms with Crippen LogP contribution in [-0.2, 0) is 17.1 Å². The first-order valence-corrected chi connectivity index (χ1v) is 10.1. The van der Waals surface area contributed by atoms with Gasteiger partial charge in [-0.2, -0.15) is 18.4 Å². The maximum Gasteiger partial charge on any atom is 0.287 e. The van der Waals surface area contributed by atoms with E-state index >= 15 is 0 Å². The highest BCUT2D eigenvalue weighted by Crippen LogP contribution is 2.31. The molecule has 1 aliphatic heterocycles. The van der Waals surface area contributed by atoms with Crippen LogP contribution < -0.4 is 15.4 Å². The molecule has 12 heteroatoms. The van der Waals surface area contributed by atoms with Gasteiger partial charge in [-0.1, -0.05) is 0 Å². The minimum absolute atomic E-state index is 0.0114. The monoisotopic (exact) mass is 446 g/mol. The van der Waals surface area contributed by atoms with Crippen molar-refractivity contribution in [3.63, 3.8) is 0 Å². The number of aromatic nitrogens is 5. The molecule has 1 saturated heterocycles. The van der Waals surface area contributed by atoms with Crippen LogP contribution in [0.15, 0.2) is 18.3 Å². The Hall–Kier alpha value is -3.41. The van der Waals surface area contributed by atoms with Crippen molar-refractivity contribution in [2.24, 2.45) is 5.73 Å². The summed E-state index contributed by atoms with van der Waals surface area (Å²) in [4.78, 5) is 28.3. The number of ether oxygens (including phenoxy) is 1. The second-order valence-corrected chi connectivity index (χ2v) is 7.85. The van der Waals surface area contributed by atoms with Gasteiger partial charge in [0.2, 0.25) is 11.8 Å². The predicted molar refractivity (Wildman–Crippen MR) is 113 cm³/mol. The average molecular weight is 446 g/mol. The second kappa shape index (κ2) is 8.26. The number of fused-ring (bicyclic) bond motifs is 1. The molecule has 32 heavy (non-hydrogen) atoms. The Bertz CT molecular complexity index is 1150. The molecule has 0 atom stereocenters. The molecule has 4 heterocycles. The molecular formula is C20H24F2N8O2. The van der Waals surface area contributed by atoms with Crippen LogP contribution in [0.1, 0.15) is 18.3 Å². The molecule has 10 nitrogen and oxygen atoms in total. The minimum Gasteiger partial charge on any atom is -0.481 e. The van der Waals surface area contributed by atoms with Crippen molar-refractivity contribution in [3.05, 3.63) is 29.7 Å². The lowest BCUT2D eigenvalue weighted by Gasteiger charge is -2.32. The van der Waals surface area contributed by atoms with Crippen molar-refractivity contribution in [3.8, 4) is 11.8 Å². The SMILES string of the molecule is COc1cc(C(C)(F)F)nc(-n2nc(N3CCN(C)CC3)c3cnc(CC(N)=O)cc32)n1. The number of carbonyl (C=O) groups is 1. The molecule has 0 unspecified atom stereocenters. The van der Waals surface area contributed by atoms with E-state index in [0.717, 1.165) is 39.2 Å². The Morgan fingerprint density at radius 2 is 1.94 bits per heavy atom. The molecule has 0 radical (unpaired) electrons. The van der Waals surface area contributed by atoms with E-state index in [2.05, 4.69) is 29.9 Å². The first-order chi connectivity index (χ1) is 15.2. The normalized spacial score (nSPS) is 15.3. The number of rotatable bonds is 6. The standard InChI is InChI=1S/C20H24F2N8O2/c1-20(21,22)15-10-17(32-3)26-19(25-15)30-14-8-12(9-16(23)31)24-11-13(14)18(27-30)29-6-4-28(2)5-7-29/h8,10-11H,4-7,9H2,1-3H3,(H2,23,31). The molecule has 0 saturated carbocycles. The molecular weight excluding hydrogens is 422 g/mol. The van der Waals surface area contributed by atoms with E-state index in [-0.39, 0.29) is 18.2 Å².